The van der Waals surface area contributed by atoms with E-state index < -0.39 is 117 Å². The number of carbonyl (C=O) groups is 4. The number of ether oxygens (including phenoxy) is 4. The predicted octanol–water partition coefficient (Wildman–Crippen LogP) is 4.56. The van der Waals surface area contributed by atoms with E-state index in [4.69, 9.17) is 18.9 Å². The molecular formula is C39H48F6N6O10S. The molecule has 23 heteroatoms. The second-order valence-electron chi connectivity index (χ2n) is 16.7. The van der Waals surface area contributed by atoms with Crippen LogP contribution in [0.5, 0.6) is 11.6 Å². The Morgan fingerprint density at radius 3 is 2.35 bits per heavy atom. The van der Waals surface area contributed by atoms with Gasteiger partial charge in [-0.2, -0.15) is 26.3 Å². The lowest BCUT2D eigenvalue weighted by molar-refractivity contribution is -0.244. The van der Waals surface area contributed by atoms with E-state index in [0.29, 0.717) is 39.5 Å². The molecule has 6 rings (SSSR count). The first kappa shape index (κ1) is 46.6. The van der Waals surface area contributed by atoms with Gasteiger partial charge < -0.3 is 34.5 Å². The number of hydrogen-bond acceptors (Lipinski definition) is 12. The molecule has 0 radical (unpaired) electrons. The summed E-state index contributed by atoms with van der Waals surface area (Å²) in [4.78, 5) is 65.1. The van der Waals surface area contributed by atoms with Crippen LogP contribution in [0.15, 0.2) is 30.4 Å². The van der Waals surface area contributed by atoms with E-state index in [0.717, 1.165) is 4.90 Å². The van der Waals surface area contributed by atoms with Crippen LogP contribution in [0.3, 0.4) is 0 Å². The number of alkyl halides is 6. The fourth-order valence-electron chi connectivity index (χ4n) is 7.71. The Morgan fingerprint density at radius 1 is 1.02 bits per heavy atom. The lowest BCUT2D eigenvalue weighted by Gasteiger charge is -2.35. The minimum Gasteiger partial charge on any atom is -0.497 e. The van der Waals surface area contributed by atoms with Gasteiger partial charge in [0.1, 0.15) is 29.5 Å². The van der Waals surface area contributed by atoms with Crippen LogP contribution in [0.25, 0.3) is 11.0 Å². The molecule has 4 amide bonds. The molecule has 2 aromatic rings. The van der Waals surface area contributed by atoms with E-state index in [9.17, 15) is 53.9 Å². The molecule has 16 nitrogen and oxygen atoms in total. The first-order chi connectivity index (χ1) is 28.9. The van der Waals surface area contributed by atoms with Crippen LogP contribution in [0.4, 0.5) is 31.1 Å². The van der Waals surface area contributed by atoms with Crippen LogP contribution in [-0.2, 0) is 40.1 Å². The predicted molar refractivity (Wildman–Crippen MR) is 206 cm³/mol. The van der Waals surface area contributed by atoms with Gasteiger partial charge in [-0.25, -0.2) is 23.2 Å². The van der Waals surface area contributed by atoms with Gasteiger partial charge in [-0.05, 0) is 70.4 Å². The highest BCUT2D eigenvalue weighted by atomic mass is 32.2. The van der Waals surface area contributed by atoms with Gasteiger partial charge in [0.2, 0.25) is 39.0 Å². The topological polar surface area (TPSA) is 204 Å². The second-order valence-corrected chi connectivity index (χ2v) is 18.7. The second kappa shape index (κ2) is 17.3. The molecule has 0 bridgehead atoms. The average molecular weight is 907 g/mol. The van der Waals surface area contributed by atoms with Gasteiger partial charge in [0.15, 0.2) is 0 Å². The Bertz CT molecular complexity index is 2200. The van der Waals surface area contributed by atoms with Gasteiger partial charge in [0, 0.05) is 31.4 Å². The molecular weight excluding hydrogens is 859 g/mol. The van der Waals surface area contributed by atoms with E-state index in [2.05, 4.69) is 25.3 Å². The maximum atomic E-state index is 14.9. The van der Waals surface area contributed by atoms with Crippen molar-refractivity contribution in [3.05, 3.63) is 36.0 Å². The highest BCUT2D eigenvalue weighted by Crippen LogP contribution is 2.46. The number of allylic oxidation sites excluding steroid dienone is 1. The number of halogens is 6. The van der Waals surface area contributed by atoms with E-state index in [1.807, 2.05) is 6.92 Å². The normalized spacial score (nSPS) is 28.1. The van der Waals surface area contributed by atoms with Crippen molar-refractivity contribution in [2.45, 2.75) is 113 Å². The monoisotopic (exact) mass is 906 g/mol. The molecule has 3 N–H and O–H groups in total. The van der Waals surface area contributed by atoms with E-state index in [1.54, 1.807) is 12.2 Å². The number of aromatic nitrogens is 2. The van der Waals surface area contributed by atoms with Crippen LogP contribution in [0.1, 0.15) is 71.4 Å². The van der Waals surface area contributed by atoms with Gasteiger partial charge in [0.05, 0.1) is 36.5 Å². The van der Waals surface area contributed by atoms with Crippen molar-refractivity contribution in [2.75, 3.05) is 27.4 Å². The lowest BCUT2D eigenvalue weighted by Crippen LogP contribution is -2.60. The molecule has 342 valence electrons. The number of alkyl carbamates (subject to hydrolysis) is 1. The minimum atomic E-state index is -5.11. The number of nitrogens with zero attached hydrogens (tertiary/aromatic N) is 3. The molecule has 2 aliphatic carbocycles. The highest BCUT2D eigenvalue weighted by Gasteiger charge is 2.62. The minimum absolute atomic E-state index is 0.0383. The Morgan fingerprint density at radius 2 is 1.73 bits per heavy atom. The van der Waals surface area contributed by atoms with Crippen LogP contribution in [0.2, 0.25) is 0 Å². The number of amides is 4. The third kappa shape index (κ3) is 10.1. The van der Waals surface area contributed by atoms with Crippen molar-refractivity contribution < 1.29 is 72.9 Å². The van der Waals surface area contributed by atoms with Crippen LogP contribution < -0.4 is 24.8 Å². The smallest absolute Gasteiger partial charge is 0.438 e. The third-order valence-electron chi connectivity index (χ3n) is 11.5. The number of benzene rings is 1. The zero-order valence-corrected chi connectivity index (χ0v) is 35.2. The summed E-state index contributed by atoms with van der Waals surface area (Å²) in [7, 11) is -1.48. The molecule has 3 heterocycles. The molecule has 7 atom stereocenters. The Balaban J connectivity index is 1.41. The van der Waals surface area contributed by atoms with Gasteiger partial charge >= 0.3 is 18.4 Å². The Labute approximate surface area is 352 Å². The number of methoxy groups -OCH3 is 2. The molecule has 0 unspecified atom stereocenters. The molecule has 1 saturated heterocycles. The van der Waals surface area contributed by atoms with Crippen molar-refractivity contribution in [1.82, 2.24) is 30.2 Å². The summed E-state index contributed by atoms with van der Waals surface area (Å²) >= 11 is 0. The summed E-state index contributed by atoms with van der Waals surface area (Å²) in [5, 5.41) is 4.07. The Hall–Kier alpha value is -4.93. The maximum Gasteiger partial charge on any atom is 0.438 e. The zero-order chi connectivity index (χ0) is 45.6. The van der Waals surface area contributed by atoms with Crippen molar-refractivity contribution in [2.24, 2.45) is 17.8 Å². The fourth-order valence-corrected chi connectivity index (χ4v) is 9.07. The van der Waals surface area contributed by atoms with Crippen molar-refractivity contribution in [3.8, 4) is 11.6 Å². The number of carbonyl (C=O) groups excluding carboxylic acids is 4. The summed E-state index contributed by atoms with van der Waals surface area (Å²) in [6.07, 6.45) is -8.67. The SMILES string of the molecule is COC[C@@H]1C[C@@H](C)CC/C=C\[C@@H]2C[C@@]2(C(=O)NS(=O)(=O)C2CC2)NC(=O)[C@@H]2C[C@@H](Oc3nc4cc(OC)ccc4nc3C(F)(F)F)CN2C(=O)[C@H]1NC(=O)OC(C)(C)C(F)(F)F. The van der Waals surface area contributed by atoms with Crippen LogP contribution in [0, 0.1) is 17.8 Å². The van der Waals surface area contributed by atoms with Crippen molar-refractivity contribution >= 4 is 44.9 Å². The maximum absolute atomic E-state index is 14.9. The largest absolute Gasteiger partial charge is 0.497 e. The van der Waals surface area contributed by atoms with E-state index in [-0.39, 0.29) is 42.1 Å². The van der Waals surface area contributed by atoms with E-state index in [1.165, 1.54) is 32.4 Å². The molecule has 1 aromatic carbocycles. The van der Waals surface area contributed by atoms with Crippen molar-refractivity contribution in [1.29, 1.82) is 0 Å². The number of rotatable bonds is 10. The Kier molecular flexibility index (Phi) is 13.0. The molecule has 0 spiro atoms. The molecule has 62 heavy (non-hydrogen) atoms. The first-order valence-electron chi connectivity index (χ1n) is 19.9. The summed E-state index contributed by atoms with van der Waals surface area (Å²) in [6, 6.07) is 0.537. The fraction of sp³-hybridized carbons (Fsp3) is 0.641. The quantitative estimate of drug-likeness (QED) is 0.222. The molecule has 2 saturated carbocycles. The lowest BCUT2D eigenvalue weighted by atomic mass is 9.87. The van der Waals surface area contributed by atoms with Crippen molar-refractivity contribution in [3.63, 3.8) is 0 Å². The van der Waals surface area contributed by atoms with Gasteiger partial charge in [-0.1, -0.05) is 19.1 Å². The van der Waals surface area contributed by atoms with E-state index >= 15 is 0 Å². The molecule has 1 aromatic heterocycles. The average Bonchev–Trinajstić information content (AvgIpc) is 4.10. The number of fused-ring (bicyclic) bond motifs is 3. The third-order valence-corrected chi connectivity index (χ3v) is 13.3. The van der Waals surface area contributed by atoms with Gasteiger partial charge in [-0.15, -0.1) is 0 Å². The highest BCUT2D eigenvalue weighted by molar-refractivity contribution is 7.91. The standard InChI is InChI=1S/C39H48F6N6O10S/c1-20-8-6-7-9-22-17-37(22,34(54)50-62(56,57)25-11-12-25)49-31(52)28-16-24(60-32-30(38(40,41)42)46-26-13-10-23(59-5)15-27(26)47-32)18-51(28)33(53)29(21(14-20)19-58-4)48-35(55)61-36(2,3)39(43,44)45/h7,9-10,13,15,20-22,24-25,28-29H,6,8,11-12,14,16-19H2,1-5H3,(H,48,55)(H,49,52)(H,50,54)/b9-7-/t20-,21-,22+,24+,28-,29-,37+/m0/s1. The van der Waals surface area contributed by atoms with Gasteiger partial charge in [0.25, 0.3) is 5.91 Å². The van der Waals surface area contributed by atoms with Gasteiger partial charge in [-0.3, -0.25) is 19.1 Å². The molecule has 2 aliphatic heterocycles. The summed E-state index contributed by atoms with van der Waals surface area (Å²) in [5.41, 5.74) is -6.58. The summed E-state index contributed by atoms with van der Waals surface area (Å²) in [5.74, 6) is -5.77. The summed E-state index contributed by atoms with van der Waals surface area (Å²) < 4.78 is 134. The summed E-state index contributed by atoms with van der Waals surface area (Å²) in [6.45, 7) is 2.16. The molecule has 3 fully saturated rings. The van der Waals surface area contributed by atoms with Crippen LogP contribution >= 0.6 is 0 Å². The number of nitrogens with one attached hydrogen (secondary N) is 3. The first-order valence-corrected chi connectivity index (χ1v) is 21.4. The van der Waals surface area contributed by atoms with Crippen LogP contribution in [-0.4, -0.2) is 115 Å². The number of sulfonamides is 1. The molecule has 4 aliphatic rings. The number of hydrogen-bond donors (Lipinski definition) is 3. The zero-order valence-electron chi connectivity index (χ0n) is 34.4.